The van der Waals surface area contributed by atoms with Gasteiger partial charge in [0.25, 0.3) is 5.69 Å². The van der Waals surface area contributed by atoms with Crippen molar-refractivity contribution in [3.63, 3.8) is 0 Å². The van der Waals surface area contributed by atoms with Gasteiger partial charge in [0.05, 0.1) is 17.6 Å². The molecule has 7 heteroatoms. The van der Waals surface area contributed by atoms with Gasteiger partial charge in [-0.25, -0.2) is 5.43 Å². The number of nitro groups is 1. The van der Waals surface area contributed by atoms with Crippen molar-refractivity contribution in [1.82, 2.24) is 5.43 Å². The molecule has 0 spiro atoms. The summed E-state index contributed by atoms with van der Waals surface area (Å²) >= 11 is 0. The Morgan fingerprint density at radius 2 is 1.88 bits per heavy atom. The van der Waals surface area contributed by atoms with Crippen LogP contribution in [-0.2, 0) is 11.2 Å². The summed E-state index contributed by atoms with van der Waals surface area (Å²) in [6.45, 7) is 5.53. The molecule has 0 aromatic heterocycles. The predicted molar refractivity (Wildman–Crippen MR) is 103 cm³/mol. The zero-order valence-corrected chi connectivity index (χ0v) is 14.9. The molecule has 1 amide bonds. The molecule has 0 unspecified atom stereocenters. The largest absolute Gasteiger partial charge is 0.372 e. The quantitative estimate of drug-likeness (QED) is 0.448. The number of carbonyl (C=O) groups is 1. The summed E-state index contributed by atoms with van der Waals surface area (Å²) in [5.74, 6) is -0.248. The second-order valence-corrected chi connectivity index (χ2v) is 5.63. The maximum atomic E-state index is 12.0. The molecule has 0 fully saturated rings. The van der Waals surface area contributed by atoms with Crippen LogP contribution in [0.5, 0.6) is 0 Å². The molecule has 0 saturated carbocycles. The first-order valence-corrected chi connectivity index (χ1v) is 8.44. The van der Waals surface area contributed by atoms with E-state index in [9.17, 15) is 14.9 Å². The summed E-state index contributed by atoms with van der Waals surface area (Å²) in [4.78, 5) is 24.6. The number of benzene rings is 2. The lowest BCUT2D eigenvalue weighted by atomic mass is 10.1. The van der Waals surface area contributed by atoms with Gasteiger partial charge in [-0.2, -0.15) is 5.10 Å². The Hall–Kier alpha value is -3.22. The molecular weight excluding hydrogens is 332 g/mol. The van der Waals surface area contributed by atoms with Gasteiger partial charge in [-0.1, -0.05) is 30.3 Å². The third-order valence-corrected chi connectivity index (χ3v) is 3.93. The lowest BCUT2D eigenvalue weighted by molar-refractivity contribution is -0.384. The highest BCUT2D eigenvalue weighted by Crippen LogP contribution is 2.24. The molecule has 0 radical (unpaired) electrons. The molecule has 26 heavy (non-hydrogen) atoms. The SMILES string of the molecule is CCN(CC)c1ccc([N+](=O)[O-])cc1/C=N\NC(=O)Cc1ccccc1. The number of nitrogens with one attached hydrogen (secondary N) is 1. The van der Waals surface area contributed by atoms with Crippen molar-refractivity contribution in [3.8, 4) is 0 Å². The van der Waals surface area contributed by atoms with Crippen molar-refractivity contribution in [2.45, 2.75) is 20.3 Å². The smallest absolute Gasteiger partial charge is 0.270 e. The number of nitrogens with zero attached hydrogens (tertiary/aromatic N) is 3. The molecule has 0 bridgehead atoms. The van der Waals surface area contributed by atoms with E-state index in [1.165, 1.54) is 18.3 Å². The van der Waals surface area contributed by atoms with E-state index in [1.54, 1.807) is 6.07 Å². The van der Waals surface area contributed by atoms with Crippen LogP contribution in [0.3, 0.4) is 0 Å². The molecule has 0 aliphatic carbocycles. The molecule has 0 atom stereocenters. The fourth-order valence-corrected chi connectivity index (χ4v) is 2.61. The number of nitro benzene ring substituents is 1. The van der Waals surface area contributed by atoms with Crippen LogP contribution in [0.4, 0.5) is 11.4 Å². The Morgan fingerprint density at radius 3 is 2.50 bits per heavy atom. The van der Waals surface area contributed by atoms with E-state index in [0.717, 1.165) is 24.3 Å². The lowest BCUT2D eigenvalue weighted by Crippen LogP contribution is -2.23. The van der Waals surface area contributed by atoms with E-state index < -0.39 is 4.92 Å². The minimum absolute atomic E-state index is 0.0158. The maximum absolute atomic E-state index is 12.0. The molecule has 0 aliphatic rings. The van der Waals surface area contributed by atoms with Crippen LogP contribution in [0.2, 0.25) is 0 Å². The zero-order chi connectivity index (χ0) is 18.9. The van der Waals surface area contributed by atoms with Gasteiger partial charge in [0.15, 0.2) is 0 Å². The van der Waals surface area contributed by atoms with E-state index in [4.69, 9.17) is 0 Å². The summed E-state index contributed by atoms with van der Waals surface area (Å²) in [6, 6.07) is 14.0. The van der Waals surface area contributed by atoms with Gasteiger partial charge in [0.2, 0.25) is 5.91 Å². The second-order valence-electron chi connectivity index (χ2n) is 5.63. The highest BCUT2D eigenvalue weighted by Gasteiger charge is 2.13. The highest BCUT2D eigenvalue weighted by molar-refractivity contribution is 5.90. The fraction of sp³-hybridized carbons (Fsp3) is 0.263. The van der Waals surface area contributed by atoms with Gasteiger partial charge < -0.3 is 4.90 Å². The number of hydrogen-bond acceptors (Lipinski definition) is 5. The van der Waals surface area contributed by atoms with Crippen molar-refractivity contribution < 1.29 is 9.72 Å². The number of rotatable bonds is 8. The lowest BCUT2D eigenvalue weighted by Gasteiger charge is -2.22. The van der Waals surface area contributed by atoms with Crippen LogP contribution in [-0.4, -0.2) is 30.1 Å². The number of non-ortho nitro benzene ring substituents is 1. The summed E-state index contributed by atoms with van der Waals surface area (Å²) in [6.07, 6.45) is 1.67. The molecule has 2 aromatic rings. The third kappa shape index (κ3) is 5.14. The summed E-state index contributed by atoms with van der Waals surface area (Å²) in [5, 5.41) is 15.0. The van der Waals surface area contributed by atoms with Crippen LogP contribution in [0.25, 0.3) is 0 Å². The normalized spacial score (nSPS) is 10.7. The average molecular weight is 354 g/mol. The van der Waals surface area contributed by atoms with Crippen molar-refractivity contribution in [2.24, 2.45) is 5.10 Å². The molecule has 7 nitrogen and oxygen atoms in total. The van der Waals surface area contributed by atoms with Gasteiger partial charge >= 0.3 is 0 Å². The van der Waals surface area contributed by atoms with E-state index >= 15 is 0 Å². The van der Waals surface area contributed by atoms with Crippen molar-refractivity contribution in [1.29, 1.82) is 0 Å². The average Bonchev–Trinajstić information content (AvgIpc) is 2.64. The molecule has 136 valence electrons. The molecule has 1 N–H and O–H groups in total. The first-order valence-electron chi connectivity index (χ1n) is 8.44. The van der Waals surface area contributed by atoms with Crippen LogP contribution in [0, 0.1) is 10.1 Å². The standard InChI is InChI=1S/C19H22N4O3/c1-3-22(4-2)18-11-10-17(23(25)26)13-16(18)14-20-21-19(24)12-15-8-6-5-7-9-15/h5-11,13-14H,3-4,12H2,1-2H3,(H,21,24)/b20-14-. The molecule has 0 aliphatic heterocycles. The molecule has 2 aromatic carbocycles. The van der Waals surface area contributed by atoms with Gasteiger partial charge in [-0.3, -0.25) is 14.9 Å². The van der Waals surface area contributed by atoms with Gasteiger partial charge in [-0.05, 0) is 25.5 Å². The van der Waals surface area contributed by atoms with E-state index in [0.29, 0.717) is 5.56 Å². The van der Waals surface area contributed by atoms with Gasteiger partial charge in [0, 0.05) is 36.5 Å². The molecule has 2 rings (SSSR count). The summed E-state index contributed by atoms with van der Waals surface area (Å²) < 4.78 is 0. The first-order chi connectivity index (χ1) is 12.5. The summed E-state index contributed by atoms with van der Waals surface area (Å²) in [5.41, 5.74) is 4.77. The predicted octanol–water partition coefficient (Wildman–Crippen LogP) is 3.13. The molecular formula is C19H22N4O3. The van der Waals surface area contributed by atoms with Crippen molar-refractivity contribution >= 4 is 23.5 Å². The Morgan fingerprint density at radius 1 is 1.19 bits per heavy atom. The first kappa shape index (κ1) is 19.1. The van der Waals surface area contributed by atoms with Crippen molar-refractivity contribution in [2.75, 3.05) is 18.0 Å². The Labute approximate surface area is 152 Å². The minimum atomic E-state index is -0.447. The Bertz CT molecular complexity index is 787. The second kappa shape index (κ2) is 9.31. The number of anilines is 1. The van der Waals surface area contributed by atoms with E-state index in [2.05, 4.69) is 15.4 Å². The number of hydrogen-bond donors (Lipinski definition) is 1. The number of hydrazone groups is 1. The zero-order valence-electron chi connectivity index (χ0n) is 14.9. The van der Waals surface area contributed by atoms with E-state index in [1.807, 2.05) is 44.2 Å². The van der Waals surface area contributed by atoms with Crippen molar-refractivity contribution in [3.05, 3.63) is 69.8 Å². The van der Waals surface area contributed by atoms with Crippen LogP contribution >= 0.6 is 0 Å². The topological polar surface area (TPSA) is 87.8 Å². The van der Waals surface area contributed by atoms with E-state index in [-0.39, 0.29) is 18.0 Å². The highest BCUT2D eigenvalue weighted by atomic mass is 16.6. The van der Waals surface area contributed by atoms with Crippen LogP contribution < -0.4 is 10.3 Å². The number of amides is 1. The number of carbonyl (C=O) groups excluding carboxylic acids is 1. The van der Waals surface area contributed by atoms with Gasteiger partial charge in [-0.15, -0.1) is 0 Å². The fourth-order valence-electron chi connectivity index (χ4n) is 2.61. The van der Waals surface area contributed by atoms with Crippen LogP contribution in [0.15, 0.2) is 53.6 Å². The minimum Gasteiger partial charge on any atom is -0.372 e. The van der Waals surface area contributed by atoms with Gasteiger partial charge in [0.1, 0.15) is 0 Å². The molecule has 0 heterocycles. The maximum Gasteiger partial charge on any atom is 0.270 e. The summed E-state index contributed by atoms with van der Waals surface area (Å²) in [7, 11) is 0. The Balaban J connectivity index is 2.15. The third-order valence-electron chi connectivity index (χ3n) is 3.93. The monoisotopic (exact) mass is 354 g/mol. The Kier molecular flexibility index (Phi) is 6.84. The van der Waals surface area contributed by atoms with Crippen LogP contribution in [0.1, 0.15) is 25.0 Å². The molecule has 0 saturated heterocycles.